The van der Waals surface area contributed by atoms with Crippen LogP contribution in [0.5, 0.6) is 0 Å². The molecule has 0 aromatic heterocycles. The Hall–Kier alpha value is -1.67. The van der Waals surface area contributed by atoms with Gasteiger partial charge < -0.3 is 15.4 Å². The molecule has 1 atom stereocenters. The second-order valence-electron chi connectivity index (χ2n) is 5.84. The van der Waals surface area contributed by atoms with E-state index in [1.807, 2.05) is 43.3 Å². The van der Waals surface area contributed by atoms with Gasteiger partial charge in [0.25, 0.3) is 0 Å². The standard InChI is InChI=1S/C20H26FN3O.HI/c1-15-13-18(21)10-9-16(15)11-12-23-20(22-2)24-14-19(25-3)17-7-5-4-6-8-17;/h4-10,13,19H,11-12,14H2,1-3H3,(H2,22,23,24);1H. The maximum Gasteiger partial charge on any atom is 0.191 e. The molecule has 0 amide bonds. The number of ether oxygens (including phenoxy) is 1. The zero-order valence-corrected chi connectivity index (χ0v) is 17.8. The molecule has 0 saturated heterocycles. The average molecular weight is 471 g/mol. The second kappa shape index (κ2) is 11.9. The molecule has 1 unspecified atom stereocenters. The fraction of sp³-hybridized carbons (Fsp3) is 0.350. The van der Waals surface area contributed by atoms with Crippen LogP contribution in [0, 0.1) is 12.7 Å². The lowest BCUT2D eigenvalue weighted by Crippen LogP contribution is -2.40. The summed E-state index contributed by atoms with van der Waals surface area (Å²) in [5, 5.41) is 6.56. The third kappa shape index (κ3) is 6.92. The number of rotatable bonds is 7. The Morgan fingerprint density at radius 2 is 1.88 bits per heavy atom. The van der Waals surface area contributed by atoms with E-state index in [2.05, 4.69) is 15.6 Å². The lowest BCUT2D eigenvalue weighted by atomic mass is 10.1. The highest BCUT2D eigenvalue weighted by atomic mass is 127. The predicted molar refractivity (Wildman–Crippen MR) is 116 cm³/mol. The first-order valence-electron chi connectivity index (χ1n) is 8.41. The number of guanidine groups is 1. The van der Waals surface area contributed by atoms with Crippen molar-refractivity contribution in [2.75, 3.05) is 27.2 Å². The van der Waals surface area contributed by atoms with E-state index in [0.29, 0.717) is 6.54 Å². The summed E-state index contributed by atoms with van der Waals surface area (Å²) in [5.74, 6) is 0.524. The molecule has 0 radical (unpaired) electrons. The summed E-state index contributed by atoms with van der Waals surface area (Å²) in [7, 11) is 3.44. The van der Waals surface area contributed by atoms with Crippen LogP contribution in [-0.2, 0) is 11.2 Å². The summed E-state index contributed by atoms with van der Waals surface area (Å²) in [6, 6.07) is 15.0. The van der Waals surface area contributed by atoms with Crippen molar-refractivity contribution in [2.45, 2.75) is 19.4 Å². The molecule has 26 heavy (non-hydrogen) atoms. The number of hydrogen-bond acceptors (Lipinski definition) is 2. The van der Waals surface area contributed by atoms with Crippen LogP contribution >= 0.6 is 24.0 Å². The summed E-state index contributed by atoms with van der Waals surface area (Å²) in [5.41, 5.74) is 3.21. The molecule has 0 aliphatic rings. The van der Waals surface area contributed by atoms with E-state index in [1.165, 1.54) is 6.07 Å². The van der Waals surface area contributed by atoms with Crippen LogP contribution < -0.4 is 10.6 Å². The van der Waals surface area contributed by atoms with E-state index in [9.17, 15) is 4.39 Å². The fourth-order valence-corrected chi connectivity index (χ4v) is 2.67. The monoisotopic (exact) mass is 471 g/mol. The number of nitrogens with one attached hydrogen (secondary N) is 2. The Bertz CT molecular complexity index is 695. The summed E-state index contributed by atoms with van der Waals surface area (Å²) in [4.78, 5) is 4.23. The third-order valence-electron chi connectivity index (χ3n) is 4.13. The van der Waals surface area contributed by atoms with Crippen molar-refractivity contribution in [1.29, 1.82) is 0 Å². The Morgan fingerprint density at radius 3 is 2.50 bits per heavy atom. The molecule has 2 aromatic rings. The van der Waals surface area contributed by atoms with Gasteiger partial charge >= 0.3 is 0 Å². The smallest absolute Gasteiger partial charge is 0.191 e. The average Bonchev–Trinajstić information content (AvgIpc) is 2.63. The highest BCUT2D eigenvalue weighted by Gasteiger charge is 2.10. The number of nitrogens with zero attached hydrogens (tertiary/aromatic N) is 1. The van der Waals surface area contributed by atoms with Crippen molar-refractivity contribution < 1.29 is 9.13 Å². The van der Waals surface area contributed by atoms with Gasteiger partial charge in [0.05, 0.1) is 6.10 Å². The van der Waals surface area contributed by atoms with Gasteiger partial charge in [-0.2, -0.15) is 0 Å². The SMILES string of the molecule is CN=C(NCCc1ccc(F)cc1C)NCC(OC)c1ccccc1.I. The molecule has 0 fully saturated rings. The molecule has 2 N–H and O–H groups in total. The number of hydrogen-bond donors (Lipinski definition) is 2. The van der Waals surface area contributed by atoms with Crippen molar-refractivity contribution >= 4 is 29.9 Å². The van der Waals surface area contributed by atoms with Gasteiger partial charge in [0.15, 0.2) is 5.96 Å². The minimum atomic E-state index is -0.196. The highest BCUT2D eigenvalue weighted by molar-refractivity contribution is 14.0. The molecule has 0 heterocycles. The molecular weight excluding hydrogens is 444 g/mol. The first-order valence-corrected chi connectivity index (χ1v) is 8.41. The van der Waals surface area contributed by atoms with Crippen molar-refractivity contribution in [3.05, 3.63) is 71.0 Å². The maximum atomic E-state index is 13.1. The van der Waals surface area contributed by atoms with Gasteiger partial charge in [-0.1, -0.05) is 36.4 Å². The fourth-order valence-electron chi connectivity index (χ4n) is 2.67. The predicted octanol–water partition coefficient (Wildman–Crippen LogP) is 3.85. The van der Waals surface area contributed by atoms with E-state index in [-0.39, 0.29) is 35.9 Å². The number of aryl methyl sites for hydroxylation is 1. The summed E-state index contributed by atoms with van der Waals surface area (Å²) in [6.45, 7) is 3.26. The zero-order chi connectivity index (χ0) is 18.1. The van der Waals surface area contributed by atoms with E-state index in [0.717, 1.165) is 35.6 Å². The lowest BCUT2D eigenvalue weighted by Gasteiger charge is -2.19. The maximum absolute atomic E-state index is 13.1. The van der Waals surface area contributed by atoms with Crippen LogP contribution in [0.3, 0.4) is 0 Å². The van der Waals surface area contributed by atoms with Crippen LogP contribution in [0.25, 0.3) is 0 Å². The van der Waals surface area contributed by atoms with Gasteiger partial charge in [0, 0.05) is 27.2 Å². The molecule has 0 spiro atoms. The molecule has 0 aliphatic carbocycles. The topological polar surface area (TPSA) is 45.7 Å². The molecule has 4 nitrogen and oxygen atoms in total. The largest absolute Gasteiger partial charge is 0.375 e. The first kappa shape index (κ1) is 22.4. The number of halogens is 2. The molecule has 2 rings (SSSR count). The second-order valence-corrected chi connectivity index (χ2v) is 5.84. The zero-order valence-electron chi connectivity index (χ0n) is 15.5. The number of benzene rings is 2. The molecule has 6 heteroatoms. The number of aliphatic imine (C=N–C) groups is 1. The first-order chi connectivity index (χ1) is 12.1. The molecule has 0 aliphatic heterocycles. The summed E-state index contributed by atoms with van der Waals surface area (Å²) in [6.07, 6.45) is 0.762. The van der Waals surface area contributed by atoms with Gasteiger partial charge in [-0.05, 0) is 42.2 Å². The van der Waals surface area contributed by atoms with E-state index < -0.39 is 0 Å². The number of methoxy groups -OCH3 is 1. The van der Waals surface area contributed by atoms with Crippen LogP contribution in [0.2, 0.25) is 0 Å². The normalized spacial score (nSPS) is 12.2. The van der Waals surface area contributed by atoms with Crippen molar-refractivity contribution in [3.8, 4) is 0 Å². The van der Waals surface area contributed by atoms with Gasteiger partial charge in [-0.3, -0.25) is 4.99 Å². The van der Waals surface area contributed by atoms with Gasteiger partial charge in [0.2, 0.25) is 0 Å². The Labute approximate surface area is 172 Å². The van der Waals surface area contributed by atoms with E-state index in [4.69, 9.17) is 4.74 Å². The van der Waals surface area contributed by atoms with Crippen molar-refractivity contribution in [2.24, 2.45) is 4.99 Å². The summed E-state index contributed by atoms with van der Waals surface area (Å²) < 4.78 is 18.7. The lowest BCUT2D eigenvalue weighted by molar-refractivity contribution is 0.106. The minimum Gasteiger partial charge on any atom is -0.375 e. The van der Waals surface area contributed by atoms with Crippen LogP contribution in [0.15, 0.2) is 53.5 Å². The Balaban J connectivity index is 0.00000338. The van der Waals surface area contributed by atoms with Gasteiger partial charge in [0.1, 0.15) is 5.82 Å². The van der Waals surface area contributed by atoms with Crippen LogP contribution in [-0.4, -0.2) is 33.2 Å². The van der Waals surface area contributed by atoms with E-state index >= 15 is 0 Å². The molecule has 142 valence electrons. The summed E-state index contributed by atoms with van der Waals surface area (Å²) >= 11 is 0. The molecule has 2 aromatic carbocycles. The Morgan fingerprint density at radius 1 is 1.15 bits per heavy atom. The minimum absolute atomic E-state index is 0. The van der Waals surface area contributed by atoms with Crippen molar-refractivity contribution in [1.82, 2.24) is 10.6 Å². The quantitative estimate of drug-likeness (QED) is 0.367. The van der Waals surface area contributed by atoms with Gasteiger partial charge in [-0.15, -0.1) is 24.0 Å². The van der Waals surface area contributed by atoms with Crippen LogP contribution in [0.4, 0.5) is 4.39 Å². The highest BCUT2D eigenvalue weighted by Crippen LogP contribution is 2.14. The van der Waals surface area contributed by atoms with E-state index in [1.54, 1.807) is 20.2 Å². The van der Waals surface area contributed by atoms with Crippen molar-refractivity contribution in [3.63, 3.8) is 0 Å². The molecule has 0 saturated carbocycles. The molecule has 0 bridgehead atoms. The third-order valence-corrected chi connectivity index (χ3v) is 4.13. The van der Waals surface area contributed by atoms with Crippen LogP contribution in [0.1, 0.15) is 22.8 Å². The Kier molecular flexibility index (Phi) is 10.2. The van der Waals surface area contributed by atoms with Gasteiger partial charge in [-0.25, -0.2) is 4.39 Å². The molecular formula is C20H27FIN3O.